The van der Waals surface area contributed by atoms with E-state index < -0.39 is 11.7 Å². The average molecular weight is 388 g/mol. The topological polar surface area (TPSA) is 29.1 Å². The lowest BCUT2D eigenvalue weighted by Crippen LogP contribution is -2.23. The Morgan fingerprint density at radius 2 is 1.76 bits per heavy atom. The summed E-state index contributed by atoms with van der Waals surface area (Å²) in [6, 6.07) is 9.79. The standard InChI is InChI=1S/C18H14Cl2F3NO/c19-15-7-3-13(16(20)11-15)4-8-17(25)24-10-9-12-1-5-14(6-2-12)18(21,22)23/h1-8,11H,9-10H2,(H,24,25). The molecule has 0 radical (unpaired) electrons. The Balaban J connectivity index is 1.83. The zero-order valence-corrected chi connectivity index (χ0v) is 14.4. The van der Waals surface area contributed by atoms with Crippen LogP contribution in [-0.2, 0) is 17.4 Å². The summed E-state index contributed by atoms with van der Waals surface area (Å²) in [6.07, 6.45) is -1.02. The highest BCUT2D eigenvalue weighted by molar-refractivity contribution is 6.35. The molecule has 0 saturated carbocycles. The van der Waals surface area contributed by atoms with Crippen molar-refractivity contribution in [1.82, 2.24) is 5.32 Å². The van der Waals surface area contributed by atoms with Gasteiger partial charge in [-0.1, -0.05) is 41.4 Å². The van der Waals surface area contributed by atoms with E-state index in [-0.39, 0.29) is 5.91 Å². The first-order chi connectivity index (χ1) is 11.8. The second-order valence-corrected chi connectivity index (χ2v) is 6.08. The van der Waals surface area contributed by atoms with Gasteiger partial charge in [-0.2, -0.15) is 13.2 Å². The minimum absolute atomic E-state index is 0.308. The summed E-state index contributed by atoms with van der Waals surface area (Å²) in [5.41, 5.74) is 0.671. The number of carbonyl (C=O) groups excluding carboxylic acids is 1. The minimum atomic E-state index is -4.35. The number of alkyl halides is 3. The summed E-state index contributed by atoms with van der Waals surface area (Å²) in [7, 11) is 0. The molecule has 0 aliphatic heterocycles. The zero-order chi connectivity index (χ0) is 18.4. The Bertz CT molecular complexity index is 771. The van der Waals surface area contributed by atoms with Gasteiger partial charge < -0.3 is 5.32 Å². The number of rotatable bonds is 5. The first-order valence-electron chi connectivity index (χ1n) is 7.33. The quantitative estimate of drug-likeness (QED) is 0.685. The van der Waals surface area contributed by atoms with E-state index in [0.29, 0.717) is 34.1 Å². The third-order valence-electron chi connectivity index (χ3n) is 3.37. The van der Waals surface area contributed by atoms with Crippen LogP contribution in [0, 0.1) is 0 Å². The van der Waals surface area contributed by atoms with Crippen molar-refractivity contribution in [2.45, 2.75) is 12.6 Å². The van der Waals surface area contributed by atoms with Crippen LogP contribution in [0.4, 0.5) is 13.2 Å². The van der Waals surface area contributed by atoms with E-state index in [2.05, 4.69) is 5.32 Å². The van der Waals surface area contributed by atoms with Gasteiger partial charge in [0.1, 0.15) is 0 Å². The van der Waals surface area contributed by atoms with E-state index in [1.165, 1.54) is 18.2 Å². The Morgan fingerprint density at radius 1 is 1.08 bits per heavy atom. The van der Waals surface area contributed by atoms with Gasteiger partial charge in [0.2, 0.25) is 5.91 Å². The summed E-state index contributed by atoms with van der Waals surface area (Å²) >= 11 is 11.8. The fourth-order valence-electron chi connectivity index (χ4n) is 2.05. The lowest BCUT2D eigenvalue weighted by molar-refractivity contribution is -0.137. The van der Waals surface area contributed by atoms with Gasteiger partial charge in [-0.3, -0.25) is 4.79 Å². The van der Waals surface area contributed by atoms with Crippen molar-refractivity contribution in [3.05, 3.63) is 75.3 Å². The van der Waals surface area contributed by atoms with E-state index in [1.54, 1.807) is 24.3 Å². The number of halogens is 5. The van der Waals surface area contributed by atoms with E-state index in [4.69, 9.17) is 23.2 Å². The molecule has 2 rings (SSSR count). The van der Waals surface area contributed by atoms with Gasteiger partial charge in [0.25, 0.3) is 0 Å². The molecular formula is C18H14Cl2F3NO. The summed E-state index contributed by atoms with van der Waals surface area (Å²) < 4.78 is 37.4. The molecule has 0 saturated heterocycles. The lowest BCUT2D eigenvalue weighted by atomic mass is 10.1. The van der Waals surface area contributed by atoms with Crippen LogP contribution in [0.1, 0.15) is 16.7 Å². The Kier molecular flexibility index (Phi) is 6.51. The van der Waals surface area contributed by atoms with Crippen molar-refractivity contribution in [3.63, 3.8) is 0 Å². The highest BCUT2D eigenvalue weighted by Gasteiger charge is 2.29. The molecular weight excluding hydrogens is 374 g/mol. The fraction of sp³-hybridized carbons (Fsp3) is 0.167. The molecule has 0 aromatic heterocycles. The molecule has 0 aliphatic carbocycles. The number of nitrogens with one attached hydrogen (secondary N) is 1. The smallest absolute Gasteiger partial charge is 0.352 e. The second-order valence-electron chi connectivity index (χ2n) is 5.23. The highest BCUT2D eigenvalue weighted by Crippen LogP contribution is 2.29. The first-order valence-corrected chi connectivity index (χ1v) is 8.08. The van der Waals surface area contributed by atoms with Crippen LogP contribution in [0.5, 0.6) is 0 Å². The third kappa shape index (κ3) is 6.11. The largest absolute Gasteiger partial charge is 0.416 e. The number of hydrogen-bond donors (Lipinski definition) is 1. The summed E-state index contributed by atoms with van der Waals surface area (Å²) in [6.45, 7) is 0.308. The minimum Gasteiger partial charge on any atom is -0.352 e. The molecule has 2 aromatic carbocycles. The maximum absolute atomic E-state index is 12.5. The summed E-state index contributed by atoms with van der Waals surface area (Å²) in [4.78, 5) is 11.8. The predicted octanol–water partition coefficient (Wildman–Crippen LogP) is 5.38. The average Bonchev–Trinajstić information content (AvgIpc) is 2.53. The third-order valence-corrected chi connectivity index (χ3v) is 3.93. The van der Waals surface area contributed by atoms with Gasteiger partial charge in [0.15, 0.2) is 0 Å². The van der Waals surface area contributed by atoms with Crippen LogP contribution in [0.3, 0.4) is 0 Å². The normalized spacial score (nSPS) is 11.7. The molecule has 132 valence electrons. The lowest BCUT2D eigenvalue weighted by Gasteiger charge is -2.07. The maximum atomic E-state index is 12.5. The number of amides is 1. The Labute approximate surface area is 153 Å². The molecule has 0 unspecified atom stereocenters. The highest BCUT2D eigenvalue weighted by atomic mass is 35.5. The molecule has 0 atom stereocenters. The van der Waals surface area contributed by atoms with Crippen LogP contribution in [0.15, 0.2) is 48.5 Å². The van der Waals surface area contributed by atoms with E-state index >= 15 is 0 Å². The van der Waals surface area contributed by atoms with Crippen molar-refractivity contribution in [2.75, 3.05) is 6.54 Å². The zero-order valence-electron chi connectivity index (χ0n) is 12.9. The number of hydrogen-bond acceptors (Lipinski definition) is 1. The Hall–Kier alpha value is -1.98. The SMILES string of the molecule is O=C(C=Cc1ccc(Cl)cc1Cl)NCCc1ccc(C(F)(F)F)cc1. The van der Waals surface area contributed by atoms with Gasteiger partial charge in [-0.05, 0) is 47.9 Å². The molecule has 0 spiro atoms. The van der Waals surface area contributed by atoms with Crippen LogP contribution in [0.2, 0.25) is 10.0 Å². The molecule has 2 aromatic rings. The molecule has 2 nitrogen and oxygen atoms in total. The number of carbonyl (C=O) groups is 1. The van der Waals surface area contributed by atoms with Crippen molar-refractivity contribution in [3.8, 4) is 0 Å². The monoisotopic (exact) mass is 387 g/mol. The van der Waals surface area contributed by atoms with Gasteiger partial charge in [0, 0.05) is 22.7 Å². The van der Waals surface area contributed by atoms with Crippen LogP contribution in [-0.4, -0.2) is 12.5 Å². The molecule has 0 bridgehead atoms. The summed E-state index contributed by atoms with van der Waals surface area (Å²) in [5, 5.41) is 3.59. The Morgan fingerprint density at radius 3 is 2.36 bits per heavy atom. The second kappa shape index (κ2) is 8.41. The van der Waals surface area contributed by atoms with Crippen molar-refractivity contribution in [1.29, 1.82) is 0 Å². The van der Waals surface area contributed by atoms with Gasteiger partial charge in [-0.25, -0.2) is 0 Å². The van der Waals surface area contributed by atoms with E-state index in [0.717, 1.165) is 12.1 Å². The van der Waals surface area contributed by atoms with Crippen molar-refractivity contribution < 1.29 is 18.0 Å². The fourth-order valence-corrected chi connectivity index (χ4v) is 2.52. The first kappa shape index (κ1) is 19.3. The van der Waals surface area contributed by atoms with Crippen molar-refractivity contribution >= 4 is 35.2 Å². The van der Waals surface area contributed by atoms with Crippen LogP contribution >= 0.6 is 23.2 Å². The van der Waals surface area contributed by atoms with Gasteiger partial charge >= 0.3 is 6.18 Å². The summed E-state index contributed by atoms with van der Waals surface area (Å²) in [5.74, 6) is -0.321. The predicted molar refractivity (Wildman–Crippen MR) is 93.7 cm³/mol. The van der Waals surface area contributed by atoms with Gasteiger partial charge in [0.05, 0.1) is 5.56 Å². The van der Waals surface area contributed by atoms with E-state index in [1.807, 2.05) is 0 Å². The maximum Gasteiger partial charge on any atom is 0.416 e. The molecule has 25 heavy (non-hydrogen) atoms. The van der Waals surface area contributed by atoms with Crippen LogP contribution < -0.4 is 5.32 Å². The molecule has 1 N–H and O–H groups in total. The van der Waals surface area contributed by atoms with E-state index in [9.17, 15) is 18.0 Å². The number of benzene rings is 2. The molecule has 0 heterocycles. The van der Waals surface area contributed by atoms with Gasteiger partial charge in [-0.15, -0.1) is 0 Å². The molecule has 7 heteroatoms. The molecule has 0 fully saturated rings. The molecule has 0 aliphatic rings. The van der Waals surface area contributed by atoms with Crippen LogP contribution in [0.25, 0.3) is 6.08 Å². The van der Waals surface area contributed by atoms with Crippen molar-refractivity contribution in [2.24, 2.45) is 0 Å². The molecule has 1 amide bonds.